The van der Waals surface area contributed by atoms with Crippen molar-refractivity contribution in [1.29, 1.82) is 0 Å². The monoisotopic (exact) mass is 362 g/mol. The van der Waals surface area contributed by atoms with Gasteiger partial charge in [0.2, 0.25) is 5.91 Å². The van der Waals surface area contributed by atoms with Crippen molar-refractivity contribution >= 4 is 30.4 Å². The molecule has 0 aromatic heterocycles. The highest BCUT2D eigenvalue weighted by molar-refractivity contribution is 7.92. The molecule has 0 saturated heterocycles. The van der Waals surface area contributed by atoms with Crippen LogP contribution >= 0.6 is 12.3 Å². The van der Waals surface area contributed by atoms with Crippen molar-refractivity contribution in [3.63, 3.8) is 0 Å². The first-order valence-electron chi connectivity index (χ1n) is 7.47. The quantitative estimate of drug-likeness (QED) is 0.308. The summed E-state index contributed by atoms with van der Waals surface area (Å²) in [5, 5.41) is 0. The lowest BCUT2D eigenvalue weighted by Gasteiger charge is -2.16. The molecule has 5 nitrogen and oxygen atoms in total. The number of aryl methyl sites for hydroxylation is 1. The Morgan fingerprint density at radius 1 is 1.44 bits per heavy atom. The summed E-state index contributed by atoms with van der Waals surface area (Å²) in [6.45, 7) is 1.79. The number of amides is 1. The number of nitrogens with zero attached hydrogens (tertiary/aromatic N) is 2. The molecule has 0 unspecified atom stereocenters. The van der Waals surface area contributed by atoms with Crippen LogP contribution in [0.2, 0.25) is 0 Å². The number of carbonyl (C=O) groups is 2. The molecule has 132 valence electrons. The lowest BCUT2D eigenvalue weighted by atomic mass is 9.99. The maximum Gasteiger partial charge on any atom is 0.337 e. The summed E-state index contributed by atoms with van der Waals surface area (Å²) in [6.07, 6.45) is 10.0. The van der Waals surface area contributed by atoms with Crippen LogP contribution in [0.4, 0.5) is 3.89 Å². The molecular weight excluding hydrogens is 343 g/mol. The lowest BCUT2D eigenvalue weighted by Crippen LogP contribution is -2.25. The SMILES string of the molecule is C#C/C=C\C=NCN(SF)C(=O)Cc1cc(C(=O)OC)ccc1CC. The lowest BCUT2D eigenvalue weighted by molar-refractivity contribution is -0.125. The molecule has 0 aliphatic carbocycles. The van der Waals surface area contributed by atoms with Crippen LogP contribution in [-0.2, 0) is 22.4 Å². The van der Waals surface area contributed by atoms with Crippen molar-refractivity contribution in [2.75, 3.05) is 13.8 Å². The molecule has 1 rings (SSSR count). The largest absolute Gasteiger partial charge is 0.465 e. The molecule has 0 radical (unpaired) electrons. The Morgan fingerprint density at radius 3 is 2.80 bits per heavy atom. The molecule has 1 aromatic carbocycles. The summed E-state index contributed by atoms with van der Waals surface area (Å²) in [7, 11) is 1.29. The molecule has 25 heavy (non-hydrogen) atoms. The number of ether oxygens (including phenoxy) is 1. The Balaban J connectivity index is 2.89. The third kappa shape index (κ3) is 6.43. The van der Waals surface area contributed by atoms with Gasteiger partial charge in [-0.15, -0.1) is 10.3 Å². The number of terminal acetylenes is 1. The van der Waals surface area contributed by atoms with E-state index in [4.69, 9.17) is 6.42 Å². The molecule has 1 amide bonds. The second kappa shape index (κ2) is 11.0. The van der Waals surface area contributed by atoms with Crippen LogP contribution < -0.4 is 0 Å². The predicted molar refractivity (Wildman–Crippen MR) is 97.7 cm³/mol. The zero-order valence-electron chi connectivity index (χ0n) is 14.1. The Morgan fingerprint density at radius 2 is 2.20 bits per heavy atom. The Bertz CT molecular complexity index is 711. The number of carbonyl (C=O) groups excluding carboxylic acids is 2. The van der Waals surface area contributed by atoms with Crippen LogP contribution in [0, 0.1) is 12.3 Å². The Labute approximate surface area is 151 Å². The van der Waals surface area contributed by atoms with Gasteiger partial charge < -0.3 is 4.74 Å². The molecule has 7 heteroatoms. The minimum atomic E-state index is -0.488. The number of allylic oxidation sites excluding steroid dienone is 2. The molecule has 0 bridgehead atoms. The fourth-order valence-electron chi connectivity index (χ4n) is 2.05. The number of halogens is 1. The van der Waals surface area contributed by atoms with Gasteiger partial charge in [-0.1, -0.05) is 18.9 Å². The summed E-state index contributed by atoms with van der Waals surface area (Å²) in [5.74, 6) is 1.34. The van der Waals surface area contributed by atoms with E-state index >= 15 is 0 Å². The van der Waals surface area contributed by atoms with Gasteiger partial charge in [-0.25, -0.2) is 9.10 Å². The first-order chi connectivity index (χ1) is 12.1. The average Bonchev–Trinajstić information content (AvgIpc) is 2.63. The average molecular weight is 362 g/mol. The highest BCUT2D eigenvalue weighted by atomic mass is 32.2. The van der Waals surface area contributed by atoms with Gasteiger partial charge in [0, 0.05) is 6.21 Å². The number of rotatable bonds is 8. The smallest absolute Gasteiger partial charge is 0.337 e. The van der Waals surface area contributed by atoms with Crippen LogP contribution in [0.25, 0.3) is 0 Å². The van der Waals surface area contributed by atoms with E-state index in [1.54, 1.807) is 18.2 Å². The molecule has 0 fully saturated rings. The number of benzene rings is 1. The third-order valence-corrected chi connectivity index (χ3v) is 3.79. The number of esters is 1. The maximum atomic E-state index is 13.1. The zero-order valence-corrected chi connectivity index (χ0v) is 14.9. The second-order valence-electron chi connectivity index (χ2n) is 4.85. The molecule has 0 heterocycles. The molecule has 0 aliphatic rings. The number of hydrogen-bond acceptors (Lipinski definition) is 5. The standard InChI is InChI=1S/C18H19FN2O3S/c1-4-6-7-10-20-13-21(25-19)17(22)12-16-11-15(18(23)24-3)9-8-14(16)5-2/h1,6-11H,5,12-13H2,2-3H3/b7-6-,20-10?. The minimum Gasteiger partial charge on any atom is -0.465 e. The maximum absolute atomic E-state index is 13.1. The molecular formula is C18H19FN2O3S. The molecule has 0 saturated carbocycles. The first kappa shape index (κ1) is 20.5. The number of aliphatic imine (C=N–C) groups is 1. The van der Waals surface area contributed by atoms with E-state index in [0.717, 1.165) is 9.87 Å². The van der Waals surface area contributed by atoms with Crippen LogP contribution in [0.3, 0.4) is 0 Å². The van der Waals surface area contributed by atoms with Gasteiger partial charge in [-0.2, -0.15) is 0 Å². The van der Waals surface area contributed by atoms with Crippen molar-refractivity contribution < 1.29 is 18.2 Å². The van der Waals surface area contributed by atoms with Crippen LogP contribution in [-0.4, -0.2) is 36.2 Å². The van der Waals surface area contributed by atoms with Crippen molar-refractivity contribution in [2.24, 2.45) is 4.99 Å². The van der Waals surface area contributed by atoms with Crippen LogP contribution in [0.15, 0.2) is 35.3 Å². The predicted octanol–water partition coefficient (Wildman–Crippen LogP) is 3.16. The summed E-state index contributed by atoms with van der Waals surface area (Å²) in [6, 6.07) is 5.01. The van der Waals surface area contributed by atoms with Crippen molar-refractivity contribution in [3.8, 4) is 12.3 Å². The van der Waals surface area contributed by atoms with E-state index in [1.807, 2.05) is 6.92 Å². The normalized spacial score (nSPS) is 10.8. The third-order valence-electron chi connectivity index (χ3n) is 3.31. The molecule has 1 aromatic rings. The summed E-state index contributed by atoms with van der Waals surface area (Å²) in [5.41, 5.74) is 1.91. The molecule has 0 N–H and O–H groups in total. The number of methoxy groups -OCH3 is 1. The van der Waals surface area contributed by atoms with E-state index in [-0.39, 0.29) is 25.4 Å². The van der Waals surface area contributed by atoms with Gasteiger partial charge in [-0.05, 0) is 41.8 Å². The Hall–Kier alpha value is -2.59. The molecule has 0 atom stereocenters. The minimum absolute atomic E-state index is 0.0410. The van der Waals surface area contributed by atoms with Gasteiger partial charge in [0.05, 0.1) is 19.1 Å². The van der Waals surface area contributed by atoms with Crippen LogP contribution in [0.5, 0.6) is 0 Å². The van der Waals surface area contributed by atoms with E-state index in [2.05, 4.69) is 15.6 Å². The zero-order chi connectivity index (χ0) is 18.7. The fourth-order valence-corrected chi connectivity index (χ4v) is 2.30. The van der Waals surface area contributed by atoms with E-state index in [9.17, 15) is 13.5 Å². The van der Waals surface area contributed by atoms with Gasteiger partial charge in [0.15, 0.2) is 12.3 Å². The van der Waals surface area contributed by atoms with E-state index < -0.39 is 11.9 Å². The van der Waals surface area contributed by atoms with Crippen molar-refractivity contribution in [2.45, 2.75) is 19.8 Å². The summed E-state index contributed by atoms with van der Waals surface area (Å²) < 4.78 is 18.6. The van der Waals surface area contributed by atoms with Crippen molar-refractivity contribution in [1.82, 2.24) is 4.31 Å². The molecule has 0 spiro atoms. The fraction of sp³-hybridized carbons (Fsp3) is 0.278. The second-order valence-corrected chi connectivity index (χ2v) is 5.42. The summed E-state index contributed by atoms with van der Waals surface area (Å²) in [4.78, 5) is 27.9. The highest BCUT2D eigenvalue weighted by Gasteiger charge is 2.17. The van der Waals surface area contributed by atoms with Crippen molar-refractivity contribution in [3.05, 3.63) is 47.0 Å². The Kier molecular flexibility index (Phi) is 9.04. The highest BCUT2D eigenvalue weighted by Crippen LogP contribution is 2.18. The summed E-state index contributed by atoms with van der Waals surface area (Å²) >= 11 is -0.196. The van der Waals surface area contributed by atoms with Crippen LogP contribution in [0.1, 0.15) is 28.4 Å². The van der Waals surface area contributed by atoms with Gasteiger partial charge in [0.1, 0.15) is 6.67 Å². The van der Waals surface area contributed by atoms with Gasteiger partial charge in [0.25, 0.3) is 0 Å². The van der Waals surface area contributed by atoms with E-state index in [1.165, 1.54) is 25.5 Å². The van der Waals surface area contributed by atoms with E-state index in [0.29, 0.717) is 17.5 Å². The topological polar surface area (TPSA) is 59.0 Å². The van der Waals surface area contributed by atoms with Gasteiger partial charge >= 0.3 is 5.97 Å². The number of hydrogen-bond donors (Lipinski definition) is 0. The van der Waals surface area contributed by atoms with Gasteiger partial charge in [-0.3, -0.25) is 9.79 Å². The first-order valence-corrected chi connectivity index (χ1v) is 8.15. The molecule has 0 aliphatic heterocycles.